The minimum Gasteiger partial charge on any atom is -0.487 e. The van der Waals surface area contributed by atoms with Crippen molar-refractivity contribution in [3.05, 3.63) is 78.2 Å². The highest BCUT2D eigenvalue weighted by Gasteiger charge is 2.16. The first-order valence-corrected chi connectivity index (χ1v) is 11.6. The number of hydrogen-bond acceptors (Lipinski definition) is 8. The molecule has 0 radical (unpaired) electrons. The summed E-state index contributed by atoms with van der Waals surface area (Å²) >= 11 is 0.907. The maximum Gasteiger partial charge on any atom is 0.263 e. The van der Waals surface area contributed by atoms with Crippen LogP contribution in [0.25, 0.3) is 0 Å². The number of aromatic nitrogens is 2. The van der Waals surface area contributed by atoms with Gasteiger partial charge in [0.25, 0.3) is 10.0 Å². The summed E-state index contributed by atoms with van der Waals surface area (Å²) in [4.78, 5) is 31.1. The average molecular weight is 458 g/mol. The number of carbonyl (C=O) groups excluding carboxylic acids is 2. The standard InChI is InChI=1S/C21H19N3O5S2/c1-15(25)30-14-20(26)16-5-10-21(23-12-16)24-31(27,28)19-8-6-18(7-9-19)29-13-17-4-2-3-11-22-17/h2-12H,13-14H2,1H3,(H,23,24). The van der Waals surface area contributed by atoms with Gasteiger partial charge in [0.15, 0.2) is 10.9 Å². The summed E-state index contributed by atoms with van der Waals surface area (Å²) in [7, 11) is -3.87. The normalized spacial score (nSPS) is 11.0. The quantitative estimate of drug-likeness (QED) is 0.487. The molecule has 1 aromatic carbocycles. The highest BCUT2D eigenvalue weighted by Crippen LogP contribution is 2.19. The van der Waals surface area contributed by atoms with Crippen molar-refractivity contribution in [1.82, 2.24) is 9.97 Å². The Morgan fingerprint density at radius 2 is 1.81 bits per heavy atom. The summed E-state index contributed by atoms with van der Waals surface area (Å²) in [6.07, 6.45) is 2.94. The van der Waals surface area contributed by atoms with Gasteiger partial charge in [-0.15, -0.1) is 0 Å². The average Bonchev–Trinajstić information content (AvgIpc) is 2.77. The first-order valence-electron chi connectivity index (χ1n) is 9.12. The monoisotopic (exact) mass is 457 g/mol. The van der Waals surface area contributed by atoms with E-state index in [0.29, 0.717) is 11.3 Å². The van der Waals surface area contributed by atoms with Gasteiger partial charge in [0.2, 0.25) is 0 Å². The van der Waals surface area contributed by atoms with Crippen molar-refractivity contribution >= 4 is 38.5 Å². The molecule has 10 heteroatoms. The van der Waals surface area contributed by atoms with E-state index in [0.717, 1.165) is 17.5 Å². The Labute approximate surface area is 184 Å². The van der Waals surface area contributed by atoms with E-state index in [1.54, 1.807) is 18.3 Å². The molecular formula is C21H19N3O5S2. The summed E-state index contributed by atoms with van der Waals surface area (Å²) in [6, 6.07) is 14.3. The topological polar surface area (TPSA) is 115 Å². The van der Waals surface area contributed by atoms with E-state index >= 15 is 0 Å². The van der Waals surface area contributed by atoms with Gasteiger partial charge < -0.3 is 4.74 Å². The van der Waals surface area contributed by atoms with Crippen LogP contribution in [0.2, 0.25) is 0 Å². The van der Waals surface area contributed by atoms with Gasteiger partial charge >= 0.3 is 0 Å². The minimum absolute atomic E-state index is 0.0108. The molecule has 3 aromatic rings. The van der Waals surface area contributed by atoms with Crippen molar-refractivity contribution < 1.29 is 22.7 Å². The number of Topliss-reactive ketones (excluding diaryl/α,β-unsaturated/α-hetero) is 1. The van der Waals surface area contributed by atoms with Crippen LogP contribution in [0.4, 0.5) is 5.82 Å². The molecule has 0 atom stereocenters. The van der Waals surface area contributed by atoms with Crippen molar-refractivity contribution in [3.63, 3.8) is 0 Å². The lowest BCUT2D eigenvalue weighted by molar-refractivity contribution is -0.109. The van der Waals surface area contributed by atoms with E-state index in [-0.39, 0.29) is 34.0 Å². The fourth-order valence-electron chi connectivity index (χ4n) is 2.42. The molecule has 160 valence electrons. The molecule has 0 amide bonds. The van der Waals surface area contributed by atoms with Crippen LogP contribution in [-0.2, 0) is 21.4 Å². The highest BCUT2D eigenvalue weighted by atomic mass is 32.2. The number of rotatable bonds is 9. The van der Waals surface area contributed by atoms with Crippen molar-refractivity contribution in [3.8, 4) is 5.75 Å². The van der Waals surface area contributed by atoms with Gasteiger partial charge in [-0.2, -0.15) is 0 Å². The molecule has 0 unspecified atom stereocenters. The smallest absolute Gasteiger partial charge is 0.263 e. The number of carbonyl (C=O) groups is 2. The third kappa shape index (κ3) is 6.63. The molecule has 1 N–H and O–H groups in total. The Morgan fingerprint density at radius 3 is 2.42 bits per heavy atom. The van der Waals surface area contributed by atoms with Crippen LogP contribution in [0.5, 0.6) is 5.75 Å². The SMILES string of the molecule is CC(=O)SCC(=O)c1ccc(NS(=O)(=O)c2ccc(OCc3ccccn3)cc2)nc1. The van der Waals surface area contributed by atoms with Crippen LogP contribution < -0.4 is 9.46 Å². The summed E-state index contributed by atoms with van der Waals surface area (Å²) in [6.45, 7) is 1.65. The number of hydrogen-bond donors (Lipinski definition) is 1. The molecule has 8 nitrogen and oxygen atoms in total. The largest absolute Gasteiger partial charge is 0.487 e. The van der Waals surface area contributed by atoms with Crippen molar-refractivity contribution in [2.75, 3.05) is 10.5 Å². The van der Waals surface area contributed by atoms with Gasteiger partial charge in [0.1, 0.15) is 18.2 Å². The van der Waals surface area contributed by atoms with Crippen LogP contribution in [0.1, 0.15) is 23.0 Å². The Morgan fingerprint density at radius 1 is 1.03 bits per heavy atom. The van der Waals surface area contributed by atoms with Gasteiger partial charge in [-0.25, -0.2) is 13.4 Å². The van der Waals surface area contributed by atoms with Crippen molar-refractivity contribution in [1.29, 1.82) is 0 Å². The van der Waals surface area contributed by atoms with Gasteiger partial charge in [0, 0.05) is 24.9 Å². The Balaban J connectivity index is 1.61. The van der Waals surface area contributed by atoms with E-state index in [1.807, 2.05) is 18.2 Å². The molecular weight excluding hydrogens is 438 g/mol. The molecule has 0 aliphatic carbocycles. The van der Waals surface area contributed by atoms with Crippen LogP contribution >= 0.6 is 11.8 Å². The minimum atomic E-state index is -3.87. The zero-order valence-corrected chi connectivity index (χ0v) is 18.2. The highest BCUT2D eigenvalue weighted by molar-refractivity contribution is 8.14. The number of sulfonamides is 1. The second-order valence-electron chi connectivity index (χ2n) is 6.32. The number of ketones is 1. The first kappa shape index (κ1) is 22.4. The molecule has 0 aliphatic rings. The second-order valence-corrected chi connectivity index (χ2v) is 9.16. The fraction of sp³-hybridized carbons (Fsp3) is 0.143. The number of ether oxygens (including phenoxy) is 1. The second kappa shape index (κ2) is 10.2. The molecule has 0 saturated carbocycles. The molecule has 2 heterocycles. The zero-order chi connectivity index (χ0) is 22.3. The lowest BCUT2D eigenvalue weighted by Crippen LogP contribution is -2.14. The predicted octanol–water partition coefficient (Wildman–Crippen LogP) is 3.32. The number of anilines is 1. The number of nitrogens with one attached hydrogen (secondary N) is 1. The van der Waals surface area contributed by atoms with Crippen LogP contribution in [0.15, 0.2) is 71.9 Å². The third-order valence-corrected chi connectivity index (χ3v) is 6.16. The van der Waals surface area contributed by atoms with Gasteiger partial charge in [-0.05, 0) is 48.5 Å². The lowest BCUT2D eigenvalue weighted by Gasteiger charge is -2.09. The van der Waals surface area contributed by atoms with Crippen LogP contribution in [-0.4, -0.2) is 35.0 Å². The predicted molar refractivity (Wildman–Crippen MR) is 118 cm³/mol. The maximum atomic E-state index is 12.6. The first-order chi connectivity index (χ1) is 14.8. The van der Waals surface area contributed by atoms with Gasteiger partial charge in [-0.1, -0.05) is 17.8 Å². The van der Waals surface area contributed by atoms with E-state index in [4.69, 9.17) is 4.74 Å². The Kier molecular flexibility index (Phi) is 7.37. The molecule has 0 fully saturated rings. The third-order valence-electron chi connectivity index (χ3n) is 3.98. The van der Waals surface area contributed by atoms with Crippen molar-refractivity contribution in [2.24, 2.45) is 0 Å². The fourth-order valence-corrected chi connectivity index (χ4v) is 3.93. The molecule has 0 saturated heterocycles. The summed E-state index contributed by atoms with van der Waals surface area (Å²) in [5, 5.41) is -0.154. The number of nitrogens with zero attached hydrogens (tertiary/aromatic N) is 2. The maximum absolute atomic E-state index is 12.6. The van der Waals surface area contributed by atoms with Gasteiger partial charge in [-0.3, -0.25) is 19.3 Å². The summed E-state index contributed by atoms with van der Waals surface area (Å²) in [5.41, 5.74) is 1.06. The van der Waals surface area contributed by atoms with Crippen LogP contribution in [0, 0.1) is 0 Å². The van der Waals surface area contributed by atoms with Crippen LogP contribution in [0.3, 0.4) is 0 Å². The van der Waals surface area contributed by atoms with E-state index in [2.05, 4.69) is 14.7 Å². The Hall–Kier alpha value is -3.24. The van der Waals surface area contributed by atoms with E-state index in [1.165, 1.54) is 37.4 Å². The number of benzene rings is 1. The van der Waals surface area contributed by atoms with Gasteiger partial charge in [0.05, 0.1) is 16.3 Å². The molecule has 0 bridgehead atoms. The Bertz CT molecular complexity index is 1150. The number of thioether (sulfide) groups is 1. The summed E-state index contributed by atoms with van der Waals surface area (Å²) in [5.74, 6) is 0.334. The molecule has 31 heavy (non-hydrogen) atoms. The molecule has 3 rings (SSSR count). The zero-order valence-electron chi connectivity index (χ0n) is 16.5. The molecule has 0 spiro atoms. The van der Waals surface area contributed by atoms with Crippen molar-refractivity contribution in [2.45, 2.75) is 18.4 Å². The lowest BCUT2D eigenvalue weighted by atomic mass is 10.2. The molecule has 2 aromatic heterocycles. The number of pyridine rings is 2. The van der Waals surface area contributed by atoms with E-state index in [9.17, 15) is 18.0 Å². The van der Waals surface area contributed by atoms with E-state index < -0.39 is 10.0 Å². The summed E-state index contributed by atoms with van der Waals surface area (Å²) < 4.78 is 33.1. The molecule has 0 aliphatic heterocycles.